The highest BCUT2D eigenvalue weighted by molar-refractivity contribution is 6.16. The van der Waals surface area contributed by atoms with E-state index in [-0.39, 0.29) is 28.6 Å². The van der Waals surface area contributed by atoms with Crippen LogP contribution in [0.3, 0.4) is 0 Å². The number of hydrogen-bond acceptors (Lipinski definition) is 4. The van der Waals surface area contributed by atoms with Crippen LogP contribution in [0, 0.1) is 0 Å². The predicted molar refractivity (Wildman–Crippen MR) is 90.4 cm³/mol. The first-order valence-corrected chi connectivity index (χ1v) is 7.67. The van der Waals surface area contributed by atoms with Crippen molar-refractivity contribution in [3.05, 3.63) is 59.0 Å². The predicted octanol–water partition coefficient (Wildman–Crippen LogP) is 3.76. The number of ketones is 1. The van der Waals surface area contributed by atoms with Crippen LogP contribution in [0.4, 0.5) is 0 Å². The molecule has 0 unspecified atom stereocenters. The molecule has 0 radical (unpaired) electrons. The average Bonchev–Trinajstić information content (AvgIpc) is 3.09. The van der Waals surface area contributed by atoms with Crippen LogP contribution in [0.2, 0.25) is 0 Å². The molecule has 120 valence electrons. The molecule has 0 fully saturated rings. The molecule has 0 amide bonds. The second-order valence-corrected chi connectivity index (χ2v) is 5.72. The molecule has 0 atom stereocenters. The molecule has 24 heavy (non-hydrogen) atoms. The highest BCUT2D eigenvalue weighted by atomic mass is 16.5. The van der Waals surface area contributed by atoms with E-state index in [4.69, 9.17) is 4.74 Å². The number of Topliss-reactive ketones (excluding diaryl/α,β-unsaturated/α-hetero) is 1. The molecule has 0 saturated carbocycles. The standard InChI is InChI=1S/C19H15NO4/c1-2-10-4-3-5-13-11(9-20-18(10)13)6-16-19(23)17-14(22)7-12(21)8-15(17)24-16/h3-9,20-22H,2H2,1H3. The van der Waals surface area contributed by atoms with E-state index in [9.17, 15) is 15.0 Å². The third kappa shape index (κ3) is 2.06. The maximum absolute atomic E-state index is 12.5. The highest BCUT2D eigenvalue weighted by Crippen LogP contribution is 2.40. The Labute approximate surface area is 137 Å². The molecule has 0 saturated heterocycles. The van der Waals surface area contributed by atoms with Crippen molar-refractivity contribution in [2.45, 2.75) is 13.3 Å². The summed E-state index contributed by atoms with van der Waals surface area (Å²) >= 11 is 0. The number of phenolic OH excluding ortho intramolecular Hbond substituents is 2. The Morgan fingerprint density at radius 2 is 2.08 bits per heavy atom. The van der Waals surface area contributed by atoms with Gasteiger partial charge in [-0.2, -0.15) is 0 Å². The molecular formula is C19H15NO4. The zero-order valence-electron chi connectivity index (χ0n) is 13.0. The molecule has 4 rings (SSSR count). The molecule has 1 aliphatic heterocycles. The molecule has 3 N–H and O–H groups in total. The van der Waals surface area contributed by atoms with Crippen LogP contribution in [-0.2, 0) is 6.42 Å². The first kappa shape index (κ1) is 14.4. The number of aromatic nitrogens is 1. The fourth-order valence-corrected chi connectivity index (χ4v) is 3.07. The number of para-hydroxylation sites is 1. The highest BCUT2D eigenvalue weighted by Gasteiger charge is 2.31. The van der Waals surface area contributed by atoms with Gasteiger partial charge in [0.25, 0.3) is 0 Å². The van der Waals surface area contributed by atoms with Crippen molar-refractivity contribution < 1.29 is 19.7 Å². The molecular weight excluding hydrogens is 306 g/mol. The van der Waals surface area contributed by atoms with Gasteiger partial charge in [-0.05, 0) is 18.1 Å². The topological polar surface area (TPSA) is 82.5 Å². The summed E-state index contributed by atoms with van der Waals surface area (Å²) in [6.45, 7) is 2.09. The molecule has 0 spiro atoms. The molecule has 5 heteroatoms. The Hall–Kier alpha value is -3.21. The second kappa shape index (κ2) is 5.16. The number of aromatic hydroxyl groups is 2. The quantitative estimate of drug-likeness (QED) is 0.628. The van der Waals surface area contributed by atoms with Gasteiger partial charge in [-0.15, -0.1) is 0 Å². The summed E-state index contributed by atoms with van der Waals surface area (Å²) in [6, 6.07) is 8.46. The number of fused-ring (bicyclic) bond motifs is 2. The van der Waals surface area contributed by atoms with Crippen LogP contribution in [-0.4, -0.2) is 21.0 Å². The molecule has 0 bridgehead atoms. The van der Waals surface area contributed by atoms with Crippen LogP contribution in [0.5, 0.6) is 17.2 Å². The van der Waals surface area contributed by atoms with Gasteiger partial charge in [0.05, 0.1) is 0 Å². The fraction of sp³-hybridized carbons (Fsp3) is 0.105. The van der Waals surface area contributed by atoms with E-state index >= 15 is 0 Å². The molecule has 5 nitrogen and oxygen atoms in total. The first-order valence-electron chi connectivity index (χ1n) is 7.67. The Morgan fingerprint density at radius 1 is 1.25 bits per heavy atom. The van der Waals surface area contributed by atoms with E-state index in [1.807, 2.05) is 18.3 Å². The van der Waals surface area contributed by atoms with E-state index < -0.39 is 5.78 Å². The van der Waals surface area contributed by atoms with Gasteiger partial charge in [-0.1, -0.05) is 25.1 Å². The minimum Gasteiger partial charge on any atom is -0.508 e. The van der Waals surface area contributed by atoms with Gasteiger partial charge in [-0.25, -0.2) is 0 Å². The van der Waals surface area contributed by atoms with E-state index in [2.05, 4.69) is 18.0 Å². The largest absolute Gasteiger partial charge is 0.508 e. The lowest BCUT2D eigenvalue weighted by atomic mass is 10.1. The summed E-state index contributed by atoms with van der Waals surface area (Å²) in [5.74, 6) is -0.555. The van der Waals surface area contributed by atoms with Gasteiger partial charge in [-0.3, -0.25) is 4.79 Å². The number of H-pyrrole nitrogens is 1. The van der Waals surface area contributed by atoms with E-state index in [1.165, 1.54) is 11.6 Å². The zero-order valence-corrected chi connectivity index (χ0v) is 13.0. The lowest BCUT2D eigenvalue weighted by Crippen LogP contribution is -1.98. The Kier molecular flexibility index (Phi) is 3.09. The number of carbonyl (C=O) groups is 1. The lowest BCUT2D eigenvalue weighted by Gasteiger charge is -2.00. The van der Waals surface area contributed by atoms with E-state index in [1.54, 1.807) is 6.08 Å². The second-order valence-electron chi connectivity index (χ2n) is 5.72. The Balaban J connectivity index is 1.81. The smallest absolute Gasteiger partial charge is 0.235 e. The number of rotatable bonds is 2. The van der Waals surface area contributed by atoms with Crippen LogP contribution in [0.1, 0.15) is 28.4 Å². The monoisotopic (exact) mass is 321 g/mol. The van der Waals surface area contributed by atoms with Crippen molar-refractivity contribution in [1.82, 2.24) is 4.98 Å². The van der Waals surface area contributed by atoms with E-state index in [0.29, 0.717) is 0 Å². The lowest BCUT2D eigenvalue weighted by molar-refractivity contribution is 0.101. The number of carbonyl (C=O) groups excluding carboxylic acids is 1. The number of aromatic amines is 1. The minimum absolute atomic E-state index is 0.0770. The first-order chi connectivity index (χ1) is 11.6. The molecule has 2 aromatic carbocycles. The molecule has 1 aliphatic rings. The number of hydrogen-bond donors (Lipinski definition) is 3. The van der Waals surface area contributed by atoms with Gasteiger partial charge in [0.1, 0.15) is 22.8 Å². The van der Waals surface area contributed by atoms with E-state index in [0.717, 1.165) is 29.0 Å². The number of nitrogens with one attached hydrogen (secondary N) is 1. The summed E-state index contributed by atoms with van der Waals surface area (Å²) in [7, 11) is 0. The van der Waals surface area contributed by atoms with Crippen LogP contribution >= 0.6 is 0 Å². The molecule has 1 aromatic heterocycles. The Bertz CT molecular complexity index is 1010. The number of ether oxygens (including phenoxy) is 1. The van der Waals surface area contributed by atoms with Crippen molar-refractivity contribution >= 4 is 22.8 Å². The van der Waals surface area contributed by atoms with Gasteiger partial charge >= 0.3 is 0 Å². The van der Waals surface area contributed by atoms with Crippen molar-refractivity contribution in [2.75, 3.05) is 0 Å². The van der Waals surface area contributed by atoms with Gasteiger partial charge in [0.15, 0.2) is 5.76 Å². The normalized spacial score (nSPS) is 15.0. The van der Waals surface area contributed by atoms with Crippen molar-refractivity contribution in [1.29, 1.82) is 0 Å². The zero-order chi connectivity index (χ0) is 16.8. The van der Waals surface area contributed by atoms with Crippen LogP contribution in [0.15, 0.2) is 42.3 Å². The maximum atomic E-state index is 12.5. The SMILES string of the molecule is CCc1cccc2c(C=C3Oc4cc(O)cc(O)c4C3=O)c[nH]c12. The molecule has 2 heterocycles. The fourth-order valence-electron chi connectivity index (χ4n) is 3.07. The summed E-state index contributed by atoms with van der Waals surface area (Å²) in [6.07, 6.45) is 4.38. The van der Waals surface area contributed by atoms with Gasteiger partial charge in [0, 0.05) is 34.8 Å². The number of phenols is 2. The number of aryl methyl sites for hydroxylation is 1. The summed E-state index contributed by atoms with van der Waals surface area (Å²) < 4.78 is 5.54. The molecule has 0 aliphatic carbocycles. The van der Waals surface area contributed by atoms with Crippen molar-refractivity contribution in [3.63, 3.8) is 0 Å². The van der Waals surface area contributed by atoms with Gasteiger partial charge in [0.2, 0.25) is 5.78 Å². The van der Waals surface area contributed by atoms with Crippen LogP contribution in [0.25, 0.3) is 17.0 Å². The number of benzene rings is 2. The minimum atomic E-state index is -0.400. The molecule has 3 aromatic rings. The third-order valence-corrected chi connectivity index (χ3v) is 4.24. The summed E-state index contributed by atoms with van der Waals surface area (Å²) in [5, 5.41) is 20.4. The summed E-state index contributed by atoms with van der Waals surface area (Å²) in [4.78, 5) is 15.7. The van der Waals surface area contributed by atoms with Crippen LogP contribution < -0.4 is 4.74 Å². The number of allylic oxidation sites excluding steroid dienone is 1. The Morgan fingerprint density at radius 3 is 2.88 bits per heavy atom. The van der Waals surface area contributed by atoms with Crippen molar-refractivity contribution in [3.8, 4) is 17.2 Å². The van der Waals surface area contributed by atoms with Gasteiger partial charge < -0.3 is 19.9 Å². The summed E-state index contributed by atoms with van der Waals surface area (Å²) in [5.41, 5.74) is 3.14. The van der Waals surface area contributed by atoms with Crippen molar-refractivity contribution in [2.24, 2.45) is 0 Å². The average molecular weight is 321 g/mol. The third-order valence-electron chi connectivity index (χ3n) is 4.24. The maximum Gasteiger partial charge on any atom is 0.235 e.